The molecule has 3 heteroatoms. The second-order valence-electron chi connectivity index (χ2n) is 6.18. The second-order valence-corrected chi connectivity index (χ2v) is 6.18. The van der Waals surface area contributed by atoms with Crippen molar-refractivity contribution in [1.82, 2.24) is 4.90 Å². The van der Waals surface area contributed by atoms with Gasteiger partial charge < -0.3 is 9.84 Å². The summed E-state index contributed by atoms with van der Waals surface area (Å²) in [4.78, 5) is 2.36. The Labute approximate surface area is 131 Å². The van der Waals surface area contributed by atoms with E-state index in [1.165, 1.54) is 18.4 Å². The first-order chi connectivity index (χ1) is 10.8. The molecule has 0 aromatic heterocycles. The Morgan fingerprint density at radius 3 is 2.50 bits per heavy atom. The van der Waals surface area contributed by atoms with Gasteiger partial charge in [-0.25, -0.2) is 0 Å². The van der Waals surface area contributed by atoms with Crippen molar-refractivity contribution in [3.63, 3.8) is 0 Å². The van der Waals surface area contributed by atoms with Gasteiger partial charge in [-0.15, -0.1) is 0 Å². The fourth-order valence-electron chi connectivity index (χ4n) is 3.57. The molecule has 0 unspecified atom stereocenters. The van der Waals surface area contributed by atoms with Gasteiger partial charge in [0.1, 0.15) is 18.5 Å². The summed E-state index contributed by atoms with van der Waals surface area (Å²) in [5.41, 5.74) is 3.22. The number of hydrogen-bond acceptors (Lipinski definition) is 3. The lowest BCUT2D eigenvalue weighted by Gasteiger charge is -2.36. The molecule has 2 aliphatic heterocycles. The Hall–Kier alpha value is -1.84. The van der Waals surface area contributed by atoms with Gasteiger partial charge in [0.15, 0.2) is 0 Å². The summed E-state index contributed by atoms with van der Waals surface area (Å²) in [7, 11) is 0. The molecule has 2 aliphatic rings. The molecule has 4 rings (SSSR count). The Morgan fingerprint density at radius 2 is 1.73 bits per heavy atom. The predicted octanol–water partition coefficient (Wildman–Crippen LogP) is 3.24. The van der Waals surface area contributed by atoms with Crippen molar-refractivity contribution in [1.29, 1.82) is 0 Å². The van der Waals surface area contributed by atoms with Crippen LogP contribution in [0.2, 0.25) is 0 Å². The van der Waals surface area contributed by atoms with Gasteiger partial charge in [0.2, 0.25) is 0 Å². The highest BCUT2D eigenvalue weighted by Crippen LogP contribution is 2.37. The van der Waals surface area contributed by atoms with Gasteiger partial charge in [-0.2, -0.15) is 0 Å². The van der Waals surface area contributed by atoms with Crippen LogP contribution in [-0.4, -0.2) is 35.7 Å². The van der Waals surface area contributed by atoms with Crippen LogP contribution >= 0.6 is 0 Å². The van der Waals surface area contributed by atoms with Crippen molar-refractivity contribution in [2.45, 2.75) is 25.0 Å². The lowest BCUT2D eigenvalue weighted by molar-refractivity contribution is 0.0140. The van der Waals surface area contributed by atoms with E-state index in [1.54, 1.807) is 0 Å². The topological polar surface area (TPSA) is 32.7 Å². The normalized spacial score (nSPS) is 24.8. The molecule has 1 fully saturated rings. The smallest absolute Gasteiger partial charge is 0.125 e. The number of ether oxygens (including phenoxy) is 1. The zero-order valence-corrected chi connectivity index (χ0v) is 12.6. The van der Waals surface area contributed by atoms with Crippen molar-refractivity contribution in [3.8, 4) is 16.9 Å². The highest BCUT2D eigenvalue weighted by atomic mass is 16.5. The molecule has 2 atom stereocenters. The van der Waals surface area contributed by atoms with Gasteiger partial charge >= 0.3 is 0 Å². The minimum absolute atomic E-state index is 0.0950. The number of rotatable bonds is 2. The maximum atomic E-state index is 10.7. The summed E-state index contributed by atoms with van der Waals surface area (Å²) in [6, 6.07) is 16.5. The number of fused-ring (bicyclic) bond motifs is 1. The summed E-state index contributed by atoms with van der Waals surface area (Å²) in [5, 5.41) is 10.7. The van der Waals surface area contributed by atoms with Crippen LogP contribution in [0.4, 0.5) is 0 Å². The van der Waals surface area contributed by atoms with E-state index in [9.17, 15) is 5.11 Å². The first-order valence-electron chi connectivity index (χ1n) is 8.07. The van der Waals surface area contributed by atoms with E-state index < -0.39 is 6.10 Å². The van der Waals surface area contributed by atoms with E-state index in [0.29, 0.717) is 6.61 Å². The van der Waals surface area contributed by atoms with Gasteiger partial charge in [-0.1, -0.05) is 42.5 Å². The molecule has 2 aromatic carbocycles. The fourth-order valence-corrected chi connectivity index (χ4v) is 3.57. The SMILES string of the molecule is O[C@@H]1c2ccc(-c3ccccc3)cc2OC[C@H]1N1CCCC1. The molecule has 0 aliphatic carbocycles. The van der Waals surface area contributed by atoms with Gasteiger partial charge in [-0.05, 0) is 43.1 Å². The molecule has 1 N–H and O–H groups in total. The van der Waals surface area contributed by atoms with Crippen LogP contribution in [0.25, 0.3) is 11.1 Å². The van der Waals surface area contributed by atoms with E-state index >= 15 is 0 Å². The molecular weight excluding hydrogens is 274 g/mol. The molecule has 0 bridgehead atoms. The molecule has 114 valence electrons. The standard InChI is InChI=1S/C19H21NO2/c21-19-16-9-8-15(14-6-2-1-3-7-14)12-18(16)22-13-17(19)20-10-4-5-11-20/h1-3,6-9,12,17,19,21H,4-5,10-11,13H2/t17-,19-/m1/s1. The first kappa shape index (κ1) is 13.8. The van der Waals surface area contributed by atoms with Crippen LogP contribution in [0.15, 0.2) is 48.5 Å². The van der Waals surface area contributed by atoms with Crippen LogP contribution < -0.4 is 4.74 Å². The molecule has 2 heterocycles. The third-order valence-corrected chi connectivity index (χ3v) is 4.82. The number of likely N-dealkylation sites (tertiary alicyclic amines) is 1. The predicted molar refractivity (Wildman–Crippen MR) is 86.9 cm³/mol. The first-order valence-corrected chi connectivity index (χ1v) is 8.07. The average molecular weight is 295 g/mol. The minimum Gasteiger partial charge on any atom is -0.491 e. The van der Waals surface area contributed by atoms with Crippen LogP contribution in [0.3, 0.4) is 0 Å². The van der Waals surface area contributed by atoms with Crippen LogP contribution in [0.5, 0.6) is 5.75 Å². The lowest BCUT2D eigenvalue weighted by atomic mass is 9.95. The van der Waals surface area contributed by atoms with Crippen molar-refractivity contribution >= 4 is 0 Å². The molecule has 0 amide bonds. The minimum atomic E-state index is -0.452. The van der Waals surface area contributed by atoms with Crippen molar-refractivity contribution in [3.05, 3.63) is 54.1 Å². The molecule has 0 spiro atoms. The summed E-state index contributed by atoms with van der Waals surface area (Å²) in [5.74, 6) is 0.823. The molecule has 1 saturated heterocycles. The van der Waals surface area contributed by atoms with Gasteiger partial charge in [0.05, 0.1) is 6.04 Å². The highest BCUT2D eigenvalue weighted by molar-refractivity contribution is 5.66. The number of aliphatic hydroxyl groups is 1. The number of aliphatic hydroxyl groups excluding tert-OH is 1. The lowest BCUT2D eigenvalue weighted by Crippen LogP contribution is -2.44. The average Bonchev–Trinajstić information content (AvgIpc) is 3.10. The Balaban J connectivity index is 1.63. The summed E-state index contributed by atoms with van der Waals surface area (Å²) in [6.07, 6.45) is 2.00. The van der Waals surface area contributed by atoms with E-state index in [0.717, 1.165) is 30.0 Å². The van der Waals surface area contributed by atoms with Gasteiger partial charge in [0.25, 0.3) is 0 Å². The third-order valence-electron chi connectivity index (χ3n) is 4.82. The molecule has 0 saturated carbocycles. The van der Waals surface area contributed by atoms with Crippen LogP contribution in [0, 0.1) is 0 Å². The Kier molecular flexibility index (Phi) is 3.60. The summed E-state index contributed by atoms with van der Waals surface area (Å²) < 4.78 is 5.98. The number of benzene rings is 2. The zero-order valence-electron chi connectivity index (χ0n) is 12.6. The van der Waals surface area contributed by atoms with E-state index in [2.05, 4.69) is 23.1 Å². The molecule has 2 aromatic rings. The second kappa shape index (κ2) is 5.75. The van der Waals surface area contributed by atoms with Crippen molar-refractivity contribution in [2.75, 3.05) is 19.7 Å². The Bertz CT molecular complexity index is 650. The molecular formula is C19H21NO2. The Morgan fingerprint density at radius 1 is 0.955 bits per heavy atom. The molecule has 3 nitrogen and oxygen atoms in total. The van der Waals surface area contributed by atoms with Gasteiger partial charge in [0, 0.05) is 5.56 Å². The number of nitrogens with zero attached hydrogens (tertiary/aromatic N) is 1. The zero-order chi connectivity index (χ0) is 14.9. The maximum Gasteiger partial charge on any atom is 0.125 e. The van der Waals surface area contributed by atoms with E-state index in [4.69, 9.17) is 4.74 Å². The molecule has 0 radical (unpaired) electrons. The monoisotopic (exact) mass is 295 g/mol. The summed E-state index contributed by atoms with van der Waals surface area (Å²) in [6.45, 7) is 2.72. The van der Waals surface area contributed by atoms with Gasteiger partial charge in [-0.3, -0.25) is 4.90 Å². The largest absolute Gasteiger partial charge is 0.491 e. The number of hydrogen-bond donors (Lipinski definition) is 1. The summed E-state index contributed by atoms with van der Waals surface area (Å²) >= 11 is 0. The van der Waals surface area contributed by atoms with Crippen molar-refractivity contribution < 1.29 is 9.84 Å². The highest BCUT2D eigenvalue weighted by Gasteiger charge is 2.34. The fraction of sp³-hybridized carbons (Fsp3) is 0.368. The van der Waals surface area contributed by atoms with Crippen LogP contribution in [0.1, 0.15) is 24.5 Å². The van der Waals surface area contributed by atoms with E-state index in [-0.39, 0.29) is 6.04 Å². The van der Waals surface area contributed by atoms with Crippen molar-refractivity contribution in [2.24, 2.45) is 0 Å². The quantitative estimate of drug-likeness (QED) is 0.923. The van der Waals surface area contributed by atoms with E-state index in [1.807, 2.05) is 30.3 Å². The maximum absolute atomic E-state index is 10.7. The molecule has 22 heavy (non-hydrogen) atoms. The van der Waals surface area contributed by atoms with Crippen LogP contribution in [-0.2, 0) is 0 Å². The third kappa shape index (κ3) is 2.40.